The number of nitrogens with zero attached hydrogens (tertiary/aromatic N) is 2. The monoisotopic (exact) mass is 350 g/mol. The summed E-state index contributed by atoms with van der Waals surface area (Å²) < 4.78 is 13.8. The smallest absolute Gasteiger partial charge is 0.274 e. The first-order valence-corrected chi connectivity index (χ1v) is 8.19. The van der Waals surface area contributed by atoms with E-state index in [9.17, 15) is 9.18 Å². The summed E-state index contributed by atoms with van der Waals surface area (Å²) in [5, 5.41) is 5.78. The molecule has 26 heavy (non-hydrogen) atoms. The Morgan fingerprint density at radius 3 is 2.35 bits per heavy atom. The molecule has 5 nitrogen and oxygen atoms in total. The zero-order valence-corrected chi connectivity index (χ0v) is 14.8. The van der Waals surface area contributed by atoms with Crippen LogP contribution in [0.1, 0.15) is 27.4 Å². The third-order valence-corrected chi connectivity index (χ3v) is 3.93. The molecule has 0 saturated carbocycles. The highest BCUT2D eigenvalue weighted by atomic mass is 19.1. The Bertz CT molecular complexity index is 952. The van der Waals surface area contributed by atoms with Crippen LogP contribution in [0.4, 0.5) is 21.6 Å². The summed E-state index contributed by atoms with van der Waals surface area (Å²) in [6.45, 7) is 5.54. The van der Waals surface area contributed by atoms with Crippen LogP contribution in [0.5, 0.6) is 0 Å². The minimum atomic E-state index is -0.398. The first-order valence-electron chi connectivity index (χ1n) is 8.19. The number of hydrogen-bond acceptors (Lipinski definition) is 4. The molecule has 0 radical (unpaired) electrons. The number of aryl methyl sites for hydroxylation is 3. The van der Waals surface area contributed by atoms with Crippen LogP contribution in [-0.4, -0.2) is 15.9 Å². The van der Waals surface area contributed by atoms with Crippen LogP contribution in [-0.2, 0) is 0 Å². The van der Waals surface area contributed by atoms with Crippen LogP contribution in [0.25, 0.3) is 0 Å². The van der Waals surface area contributed by atoms with Crippen molar-refractivity contribution in [3.63, 3.8) is 0 Å². The van der Waals surface area contributed by atoms with E-state index in [1.165, 1.54) is 12.1 Å². The number of rotatable bonds is 4. The van der Waals surface area contributed by atoms with Crippen molar-refractivity contribution in [2.24, 2.45) is 0 Å². The average molecular weight is 350 g/mol. The summed E-state index contributed by atoms with van der Waals surface area (Å²) in [6.07, 6.45) is 0. The number of para-hydroxylation sites is 2. The molecule has 2 N–H and O–H groups in total. The number of carbonyl (C=O) groups is 1. The summed E-state index contributed by atoms with van der Waals surface area (Å²) in [5.41, 5.74) is 3.19. The summed E-state index contributed by atoms with van der Waals surface area (Å²) in [7, 11) is 0. The minimum absolute atomic E-state index is 0.207. The van der Waals surface area contributed by atoms with Crippen LogP contribution in [0.15, 0.2) is 48.5 Å². The van der Waals surface area contributed by atoms with Gasteiger partial charge in [0.05, 0.1) is 5.69 Å². The molecule has 0 aliphatic heterocycles. The first-order chi connectivity index (χ1) is 12.4. The van der Waals surface area contributed by atoms with Gasteiger partial charge < -0.3 is 10.6 Å². The zero-order valence-electron chi connectivity index (χ0n) is 14.8. The highest BCUT2D eigenvalue weighted by molar-refractivity contribution is 6.04. The molecular formula is C20H19FN4O. The molecule has 3 aromatic rings. The number of nitrogens with one attached hydrogen (secondary N) is 2. The molecule has 3 rings (SSSR count). The Balaban J connectivity index is 1.87. The number of benzene rings is 2. The molecule has 0 fully saturated rings. The van der Waals surface area contributed by atoms with Gasteiger partial charge >= 0.3 is 0 Å². The van der Waals surface area contributed by atoms with E-state index in [1.54, 1.807) is 25.1 Å². The summed E-state index contributed by atoms with van der Waals surface area (Å²) in [6, 6.07) is 13.6. The Morgan fingerprint density at radius 1 is 0.962 bits per heavy atom. The first kappa shape index (κ1) is 17.5. The lowest BCUT2D eigenvalue weighted by Gasteiger charge is -2.12. The van der Waals surface area contributed by atoms with Gasteiger partial charge in [-0.05, 0) is 44.0 Å². The number of halogens is 1. The quantitative estimate of drug-likeness (QED) is 0.725. The molecular weight excluding hydrogens is 331 g/mol. The van der Waals surface area contributed by atoms with Gasteiger partial charge in [-0.1, -0.05) is 30.3 Å². The number of aromatic nitrogens is 2. The maximum atomic E-state index is 13.8. The Hall–Kier alpha value is -3.28. The molecule has 0 spiro atoms. The van der Waals surface area contributed by atoms with E-state index < -0.39 is 5.82 Å². The number of carbonyl (C=O) groups excluding carboxylic acids is 1. The van der Waals surface area contributed by atoms with Gasteiger partial charge in [0.1, 0.15) is 23.2 Å². The highest BCUT2D eigenvalue weighted by Crippen LogP contribution is 2.22. The van der Waals surface area contributed by atoms with E-state index in [0.717, 1.165) is 16.8 Å². The van der Waals surface area contributed by atoms with Gasteiger partial charge in [-0.3, -0.25) is 4.79 Å². The van der Waals surface area contributed by atoms with Crippen molar-refractivity contribution in [2.75, 3.05) is 10.6 Å². The second-order valence-corrected chi connectivity index (χ2v) is 6.01. The van der Waals surface area contributed by atoms with E-state index in [1.807, 2.05) is 32.0 Å². The normalized spacial score (nSPS) is 10.5. The summed E-state index contributed by atoms with van der Waals surface area (Å²) in [5.74, 6) is 0.0297. The van der Waals surface area contributed by atoms with Gasteiger partial charge in [0.25, 0.3) is 5.91 Å². The molecule has 1 heterocycles. The van der Waals surface area contributed by atoms with Gasteiger partial charge in [-0.15, -0.1) is 0 Å². The summed E-state index contributed by atoms with van der Waals surface area (Å²) >= 11 is 0. The van der Waals surface area contributed by atoms with Gasteiger partial charge in [0.2, 0.25) is 0 Å². The fraction of sp³-hybridized carbons (Fsp3) is 0.150. The average Bonchev–Trinajstić information content (AvgIpc) is 2.59. The molecule has 1 aromatic heterocycles. The lowest BCUT2D eigenvalue weighted by Crippen LogP contribution is -2.16. The SMILES string of the molecule is Cc1nc(Nc2ccccc2F)cc(C(=O)Nc2c(C)cccc2C)n1. The second kappa shape index (κ2) is 7.31. The van der Waals surface area contributed by atoms with Crippen molar-refractivity contribution in [3.05, 3.63) is 77.0 Å². The lowest BCUT2D eigenvalue weighted by molar-refractivity contribution is 0.102. The van der Waals surface area contributed by atoms with Crippen LogP contribution in [0, 0.1) is 26.6 Å². The number of amides is 1. The van der Waals surface area contributed by atoms with Crippen molar-refractivity contribution in [1.82, 2.24) is 9.97 Å². The van der Waals surface area contributed by atoms with Crippen LogP contribution in [0.3, 0.4) is 0 Å². The second-order valence-electron chi connectivity index (χ2n) is 6.01. The highest BCUT2D eigenvalue weighted by Gasteiger charge is 2.14. The van der Waals surface area contributed by atoms with E-state index in [2.05, 4.69) is 20.6 Å². The van der Waals surface area contributed by atoms with Crippen molar-refractivity contribution >= 4 is 23.1 Å². The molecule has 0 atom stereocenters. The fourth-order valence-corrected chi connectivity index (χ4v) is 2.64. The van der Waals surface area contributed by atoms with Crippen molar-refractivity contribution in [2.45, 2.75) is 20.8 Å². The number of anilines is 3. The predicted molar refractivity (Wildman–Crippen MR) is 100 cm³/mol. The Morgan fingerprint density at radius 2 is 1.65 bits per heavy atom. The minimum Gasteiger partial charge on any atom is -0.338 e. The maximum absolute atomic E-state index is 13.8. The van der Waals surface area contributed by atoms with Crippen molar-refractivity contribution < 1.29 is 9.18 Å². The Kier molecular flexibility index (Phi) is 4.93. The van der Waals surface area contributed by atoms with Gasteiger partial charge in [0.15, 0.2) is 0 Å². The molecule has 0 aliphatic carbocycles. The third kappa shape index (κ3) is 3.85. The molecule has 132 valence electrons. The molecule has 6 heteroatoms. The predicted octanol–water partition coefficient (Wildman–Crippen LogP) is 4.54. The van der Waals surface area contributed by atoms with E-state index in [4.69, 9.17) is 0 Å². The zero-order chi connectivity index (χ0) is 18.7. The third-order valence-electron chi connectivity index (χ3n) is 3.93. The molecule has 0 aliphatic rings. The van der Waals surface area contributed by atoms with Gasteiger partial charge in [0, 0.05) is 11.8 Å². The van der Waals surface area contributed by atoms with Crippen LogP contribution >= 0.6 is 0 Å². The van der Waals surface area contributed by atoms with Gasteiger partial charge in [-0.25, -0.2) is 14.4 Å². The standard InChI is InChI=1S/C20H19FN4O/c1-12-7-6-8-13(2)19(12)25-20(26)17-11-18(23-14(3)22-17)24-16-10-5-4-9-15(16)21/h4-11H,1-3H3,(H,25,26)(H,22,23,24). The van der Waals surface area contributed by atoms with Crippen LogP contribution < -0.4 is 10.6 Å². The topological polar surface area (TPSA) is 66.9 Å². The van der Waals surface area contributed by atoms with E-state index >= 15 is 0 Å². The number of hydrogen-bond donors (Lipinski definition) is 2. The molecule has 0 unspecified atom stereocenters. The van der Waals surface area contributed by atoms with E-state index in [0.29, 0.717) is 11.6 Å². The maximum Gasteiger partial charge on any atom is 0.274 e. The van der Waals surface area contributed by atoms with Crippen LogP contribution in [0.2, 0.25) is 0 Å². The fourth-order valence-electron chi connectivity index (χ4n) is 2.64. The molecule has 2 aromatic carbocycles. The van der Waals surface area contributed by atoms with Crippen molar-refractivity contribution in [1.29, 1.82) is 0 Å². The molecule has 0 saturated heterocycles. The van der Waals surface area contributed by atoms with Crippen molar-refractivity contribution in [3.8, 4) is 0 Å². The van der Waals surface area contributed by atoms with Gasteiger partial charge in [-0.2, -0.15) is 0 Å². The molecule has 1 amide bonds. The molecule has 0 bridgehead atoms. The largest absolute Gasteiger partial charge is 0.338 e. The lowest BCUT2D eigenvalue weighted by atomic mass is 10.1. The van der Waals surface area contributed by atoms with E-state index in [-0.39, 0.29) is 17.3 Å². The summed E-state index contributed by atoms with van der Waals surface area (Å²) in [4.78, 5) is 21.1. The Labute approximate surface area is 151 Å².